The Balaban J connectivity index is 2.27. The first-order valence-corrected chi connectivity index (χ1v) is 4.82. The van der Waals surface area contributed by atoms with Crippen LogP contribution in [0.15, 0.2) is 35.1 Å². The molecule has 0 unspecified atom stereocenters. The van der Waals surface area contributed by atoms with Crippen LogP contribution in [0.5, 0.6) is 0 Å². The van der Waals surface area contributed by atoms with Crippen LogP contribution < -0.4 is 0 Å². The first-order valence-electron chi connectivity index (χ1n) is 4.82. The fourth-order valence-electron chi connectivity index (χ4n) is 1.51. The molecule has 3 nitrogen and oxygen atoms in total. The van der Waals surface area contributed by atoms with Crippen LogP contribution >= 0.6 is 0 Å². The van der Waals surface area contributed by atoms with Crippen molar-refractivity contribution >= 4 is 0 Å². The van der Waals surface area contributed by atoms with Gasteiger partial charge in [-0.3, -0.25) is 0 Å². The van der Waals surface area contributed by atoms with Gasteiger partial charge in [0.15, 0.2) is 0 Å². The van der Waals surface area contributed by atoms with Crippen molar-refractivity contribution in [3.8, 4) is 11.3 Å². The second-order valence-corrected chi connectivity index (χ2v) is 3.75. The number of benzene rings is 1. The van der Waals surface area contributed by atoms with E-state index in [0.717, 1.165) is 17.8 Å². The van der Waals surface area contributed by atoms with Crippen molar-refractivity contribution in [2.75, 3.05) is 14.1 Å². The Bertz CT molecular complexity index is 421. The molecule has 0 spiro atoms. The number of hydrogen-bond donors (Lipinski definition) is 0. The highest BCUT2D eigenvalue weighted by atomic mass is 16.5. The van der Waals surface area contributed by atoms with Crippen molar-refractivity contribution in [2.45, 2.75) is 6.54 Å². The van der Waals surface area contributed by atoms with Gasteiger partial charge in [0.1, 0.15) is 12.0 Å². The minimum Gasteiger partial charge on any atom is -0.363 e. The molecular weight excluding hydrogens is 188 g/mol. The van der Waals surface area contributed by atoms with Crippen molar-refractivity contribution in [3.05, 3.63) is 42.2 Å². The standard InChI is InChI=1S/C12H13N2O/c1-14(2)9-10-4-3-5-11(8-10)12-6-7-15-13-12/h3-5,7-8H,9H2,1-2H3. The molecule has 0 amide bonds. The Morgan fingerprint density at radius 1 is 1.40 bits per heavy atom. The number of aromatic nitrogens is 1. The minimum absolute atomic E-state index is 0.760. The highest BCUT2D eigenvalue weighted by Crippen LogP contribution is 2.18. The molecule has 0 saturated heterocycles. The average Bonchev–Trinajstić information content (AvgIpc) is 2.69. The average molecular weight is 201 g/mol. The Kier molecular flexibility index (Phi) is 2.83. The molecule has 1 aromatic heterocycles. The lowest BCUT2D eigenvalue weighted by Crippen LogP contribution is -2.10. The molecule has 15 heavy (non-hydrogen) atoms. The van der Waals surface area contributed by atoms with Crippen molar-refractivity contribution in [3.63, 3.8) is 0 Å². The molecule has 0 aliphatic heterocycles. The Morgan fingerprint density at radius 3 is 2.93 bits per heavy atom. The van der Waals surface area contributed by atoms with E-state index >= 15 is 0 Å². The molecule has 0 N–H and O–H groups in total. The Hall–Kier alpha value is -1.61. The second-order valence-electron chi connectivity index (χ2n) is 3.75. The zero-order valence-electron chi connectivity index (χ0n) is 8.90. The van der Waals surface area contributed by atoms with Gasteiger partial charge in [-0.05, 0) is 25.7 Å². The van der Waals surface area contributed by atoms with Gasteiger partial charge in [0.2, 0.25) is 0 Å². The number of rotatable bonds is 3. The van der Waals surface area contributed by atoms with Gasteiger partial charge in [-0.2, -0.15) is 0 Å². The maximum absolute atomic E-state index is 4.77. The summed E-state index contributed by atoms with van der Waals surface area (Å²) in [7, 11) is 4.10. The summed E-state index contributed by atoms with van der Waals surface area (Å²) in [4.78, 5) is 2.13. The predicted molar refractivity (Wildman–Crippen MR) is 58.2 cm³/mol. The fourth-order valence-corrected chi connectivity index (χ4v) is 1.51. The van der Waals surface area contributed by atoms with Crippen LogP contribution in [-0.4, -0.2) is 24.2 Å². The summed E-state index contributed by atoms with van der Waals surface area (Å²) in [5.41, 5.74) is 3.06. The maximum Gasteiger partial charge on any atom is 0.132 e. The summed E-state index contributed by atoms with van der Waals surface area (Å²) in [6.07, 6.45) is 1.47. The van der Waals surface area contributed by atoms with E-state index in [-0.39, 0.29) is 0 Å². The normalized spacial score (nSPS) is 10.9. The lowest BCUT2D eigenvalue weighted by atomic mass is 10.1. The third-order valence-electron chi connectivity index (χ3n) is 2.09. The fraction of sp³-hybridized carbons (Fsp3) is 0.250. The zero-order chi connectivity index (χ0) is 10.7. The van der Waals surface area contributed by atoms with Crippen LogP contribution in [0.25, 0.3) is 11.3 Å². The maximum atomic E-state index is 4.77. The summed E-state index contributed by atoms with van der Waals surface area (Å²) in [5.74, 6) is 0. The molecule has 1 heterocycles. The number of hydrogen-bond acceptors (Lipinski definition) is 3. The van der Waals surface area contributed by atoms with E-state index in [2.05, 4.69) is 42.4 Å². The largest absolute Gasteiger partial charge is 0.363 e. The molecule has 0 aliphatic rings. The van der Waals surface area contributed by atoms with Gasteiger partial charge in [-0.25, -0.2) is 0 Å². The van der Waals surface area contributed by atoms with Crippen LogP contribution in [0.3, 0.4) is 0 Å². The number of nitrogens with zero attached hydrogens (tertiary/aromatic N) is 2. The summed E-state index contributed by atoms with van der Waals surface area (Å²) in [6, 6.07) is 11.2. The van der Waals surface area contributed by atoms with Gasteiger partial charge in [0, 0.05) is 12.1 Å². The van der Waals surface area contributed by atoms with Crippen molar-refractivity contribution in [1.29, 1.82) is 0 Å². The van der Waals surface area contributed by atoms with Crippen LogP contribution in [0.4, 0.5) is 0 Å². The van der Waals surface area contributed by atoms with E-state index in [1.165, 1.54) is 11.8 Å². The van der Waals surface area contributed by atoms with E-state index in [1.807, 2.05) is 12.1 Å². The molecule has 2 rings (SSSR count). The Labute approximate surface area is 89.3 Å². The molecule has 1 aromatic carbocycles. The van der Waals surface area contributed by atoms with Crippen molar-refractivity contribution < 1.29 is 4.52 Å². The zero-order valence-corrected chi connectivity index (χ0v) is 8.90. The van der Waals surface area contributed by atoms with Crippen LogP contribution in [0.1, 0.15) is 5.56 Å². The second kappa shape index (κ2) is 4.28. The summed E-state index contributed by atoms with van der Waals surface area (Å²) < 4.78 is 4.77. The van der Waals surface area contributed by atoms with Crippen LogP contribution in [-0.2, 0) is 6.54 Å². The molecule has 0 bridgehead atoms. The smallest absolute Gasteiger partial charge is 0.132 e. The van der Waals surface area contributed by atoms with E-state index < -0.39 is 0 Å². The Morgan fingerprint density at radius 2 is 2.27 bits per heavy atom. The SMILES string of the molecule is CN(C)Cc1cccc(-c2[c]con2)c1. The lowest BCUT2D eigenvalue weighted by molar-refractivity contribution is 0.402. The molecule has 0 aliphatic carbocycles. The first-order chi connectivity index (χ1) is 7.25. The van der Waals surface area contributed by atoms with Crippen LogP contribution in [0.2, 0.25) is 0 Å². The molecule has 0 fully saturated rings. The summed E-state index contributed by atoms with van der Waals surface area (Å²) >= 11 is 0. The molecule has 2 aromatic rings. The molecule has 0 saturated carbocycles. The van der Waals surface area contributed by atoms with Crippen molar-refractivity contribution in [2.24, 2.45) is 0 Å². The third-order valence-corrected chi connectivity index (χ3v) is 2.09. The molecule has 0 atom stereocenters. The highest BCUT2D eigenvalue weighted by molar-refractivity contribution is 5.58. The van der Waals surface area contributed by atoms with Crippen LogP contribution in [0, 0.1) is 6.07 Å². The van der Waals surface area contributed by atoms with Gasteiger partial charge in [0.05, 0.1) is 6.07 Å². The molecule has 3 heteroatoms. The van der Waals surface area contributed by atoms with Crippen molar-refractivity contribution in [1.82, 2.24) is 10.1 Å². The summed E-state index contributed by atoms with van der Waals surface area (Å²) in [6.45, 7) is 0.922. The highest BCUT2D eigenvalue weighted by Gasteiger charge is 2.02. The first kappa shape index (κ1) is 9.93. The van der Waals surface area contributed by atoms with Gasteiger partial charge in [-0.15, -0.1) is 0 Å². The summed E-state index contributed by atoms with van der Waals surface area (Å²) in [5, 5.41) is 3.86. The monoisotopic (exact) mass is 201 g/mol. The van der Waals surface area contributed by atoms with Gasteiger partial charge in [-0.1, -0.05) is 23.4 Å². The quantitative estimate of drug-likeness (QED) is 0.762. The minimum atomic E-state index is 0.760. The molecule has 1 radical (unpaired) electrons. The van der Waals surface area contributed by atoms with Gasteiger partial charge < -0.3 is 9.42 Å². The molecular formula is C12H13N2O. The van der Waals surface area contributed by atoms with E-state index in [4.69, 9.17) is 4.52 Å². The lowest BCUT2D eigenvalue weighted by Gasteiger charge is -2.09. The van der Waals surface area contributed by atoms with E-state index in [1.54, 1.807) is 0 Å². The van der Waals surface area contributed by atoms with E-state index in [9.17, 15) is 0 Å². The molecule has 77 valence electrons. The third kappa shape index (κ3) is 2.44. The van der Waals surface area contributed by atoms with Gasteiger partial charge in [0.25, 0.3) is 0 Å². The predicted octanol–water partition coefficient (Wildman–Crippen LogP) is 2.20. The van der Waals surface area contributed by atoms with Gasteiger partial charge >= 0.3 is 0 Å². The topological polar surface area (TPSA) is 29.3 Å². The van der Waals surface area contributed by atoms with E-state index in [0.29, 0.717) is 0 Å².